The maximum absolute atomic E-state index is 5.76. The Morgan fingerprint density at radius 1 is 1.40 bits per heavy atom. The van der Waals surface area contributed by atoms with Gasteiger partial charge in [-0.15, -0.1) is 6.42 Å². The molecule has 78 valence electrons. The third-order valence-corrected chi connectivity index (χ3v) is 2.35. The average Bonchev–Trinajstić information content (AvgIpc) is 2.31. The Labute approximate surface area is 90.2 Å². The van der Waals surface area contributed by atoms with Crippen LogP contribution in [0.15, 0.2) is 24.3 Å². The van der Waals surface area contributed by atoms with Gasteiger partial charge in [0.25, 0.3) is 0 Å². The van der Waals surface area contributed by atoms with Crippen LogP contribution in [0, 0.1) is 12.3 Å². The van der Waals surface area contributed by atoms with Crippen LogP contribution in [0.3, 0.4) is 0 Å². The summed E-state index contributed by atoms with van der Waals surface area (Å²) in [7, 11) is 0. The molecule has 1 aliphatic heterocycles. The van der Waals surface area contributed by atoms with Gasteiger partial charge < -0.3 is 9.47 Å². The summed E-state index contributed by atoms with van der Waals surface area (Å²) in [6.07, 6.45) is 5.91. The molecule has 2 nitrogen and oxygen atoms in total. The maximum Gasteiger partial charge on any atom is 0.206 e. The molecule has 1 atom stereocenters. The third-order valence-electron chi connectivity index (χ3n) is 2.35. The minimum atomic E-state index is -0.663. The van der Waals surface area contributed by atoms with Crippen molar-refractivity contribution >= 4 is 0 Å². The van der Waals surface area contributed by atoms with Crippen LogP contribution in [0.2, 0.25) is 0 Å². The Morgan fingerprint density at radius 3 is 2.87 bits per heavy atom. The first-order valence-corrected chi connectivity index (χ1v) is 5.01. The number of ether oxygens (including phenoxy) is 2. The fourth-order valence-electron chi connectivity index (χ4n) is 1.74. The highest BCUT2D eigenvalue weighted by atomic mass is 16.7. The van der Waals surface area contributed by atoms with Crippen molar-refractivity contribution in [3.05, 3.63) is 29.8 Å². The standard InChI is InChI=1S/C13H14O2/c1-4-11-9-10-7-5-6-8-12(10)15-13(2,3)14-11/h1,5-8,11H,9H2,2-3H3. The van der Waals surface area contributed by atoms with Gasteiger partial charge in [0.05, 0.1) is 0 Å². The van der Waals surface area contributed by atoms with Crippen molar-refractivity contribution in [2.45, 2.75) is 32.2 Å². The maximum atomic E-state index is 5.76. The van der Waals surface area contributed by atoms with Gasteiger partial charge in [0.1, 0.15) is 11.9 Å². The molecule has 0 N–H and O–H groups in total. The molecule has 0 spiro atoms. The van der Waals surface area contributed by atoms with E-state index in [9.17, 15) is 0 Å². The van der Waals surface area contributed by atoms with E-state index in [1.807, 2.05) is 38.1 Å². The summed E-state index contributed by atoms with van der Waals surface area (Å²) in [6, 6.07) is 7.89. The molecular weight excluding hydrogens is 188 g/mol. The van der Waals surface area contributed by atoms with Gasteiger partial charge in [0.2, 0.25) is 5.79 Å². The van der Waals surface area contributed by atoms with Gasteiger partial charge in [-0.1, -0.05) is 24.1 Å². The van der Waals surface area contributed by atoms with Crippen LogP contribution in [0.4, 0.5) is 0 Å². The Morgan fingerprint density at radius 2 is 2.13 bits per heavy atom. The number of para-hydroxylation sites is 1. The zero-order valence-electron chi connectivity index (χ0n) is 8.99. The van der Waals surface area contributed by atoms with E-state index in [0.717, 1.165) is 11.3 Å². The predicted octanol–water partition coefficient (Wildman–Crippen LogP) is 2.38. The second-order valence-corrected chi connectivity index (χ2v) is 4.09. The molecule has 0 bridgehead atoms. The van der Waals surface area contributed by atoms with E-state index in [4.69, 9.17) is 15.9 Å². The first-order valence-electron chi connectivity index (χ1n) is 5.01. The van der Waals surface area contributed by atoms with Crippen molar-refractivity contribution in [2.24, 2.45) is 0 Å². The lowest BCUT2D eigenvalue weighted by atomic mass is 10.1. The lowest BCUT2D eigenvalue weighted by Gasteiger charge is -2.26. The van der Waals surface area contributed by atoms with Gasteiger partial charge in [0, 0.05) is 20.3 Å². The Hall–Kier alpha value is -1.46. The summed E-state index contributed by atoms with van der Waals surface area (Å²) in [5.41, 5.74) is 1.10. The molecular formula is C13H14O2. The first-order chi connectivity index (χ1) is 7.11. The molecule has 0 amide bonds. The number of benzene rings is 1. The molecule has 1 unspecified atom stereocenters. The molecule has 0 fully saturated rings. The number of fused-ring (bicyclic) bond motifs is 1. The van der Waals surface area contributed by atoms with E-state index in [2.05, 4.69) is 5.92 Å². The molecule has 15 heavy (non-hydrogen) atoms. The number of rotatable bonds is 0. The number of terminal acetylenes is 1. The summed E-state index contributed by atoms with van der Waals surface area (Å²) < 4.78 is 11.4. The fourth-order valence-corrected chi connectivity index (χ4v) is 1.74. The summed E-state index contributed by atoms with van der Waals surface area (Å²) in [5.74, 6) is 2.84. The van der Waals surface area contributed by atoms with Crippen molar-refractivity contribution < 1.29 is 9.47 Å². The van der Waals surface area contributed by atoms with E-state index < -0.39 is 5.79 Å². The van der Waals surface area contributed by atoms with Gasteiger partial charge in [-0.3, -0.25) is 0 Å². The topological polar surface area (TPSA) is 18.5 Å². The normalized spacial score (nSPS) is 23.1. The zero-order chi connectivity index (χ0) is 10.9. The zero-order valence-corrected chi connectivity index (χ0v) is 8.99. The quantitative estimate of drug-likeness (QED) is 0.601. The summed E-state index contributed by atoms with van der Waals surface area (Å²) in [5, 5.41) is 0. The van der Waals surface area contributed by atoms with Gasteiger partial charge >= 0.3 is 0 Å². The van der Waals surface area contributed by atoms with E-state index in [-0.39, 0.29) is 6.10 Å². The minimum Gasteiger partial charge on any atom is -0.463 e. The highest BCUT2D eigenvalue weighted by Gasteiger charge is 2.29. The summed E-state index contributed by atoms with van der Waals surface area (Å²) >= 11 is 0. The number of hydrogen-bond acceptors (Lipinski definition) is 2. The summed E-state index contributed by atoms with van der Waals surface area (Å²) in [6.45, 7) is 3.75. The third kappa shape index (κ3) is 2.14. The molecule has 1 aliphatic rings. The lowest BCUT2D eigenvalue weighted by Crippen LogP contribution is -2.34. The van der Waals surface area contributed by atoms with Crippen LogP contribution in [0.1, 0.15) is 19.4 Å². The Balaban J connectivity index is 2.40. The summed E-state index contributed by atoms with van der Waals surface area (Å²) in [4.78, 5) is 0. The SMILES string of the molecule is C#CC1Cc2ccccc2OC(C)(C)O1. The van der Waals surface area contributed by atoms with Gasteiger partial charge in [0.15, 0.2) is 0 Å². The second-order valence-electron chi connectivity index (χ2n) is 4.09. The van der Waals surface area contributed by atoms with Crippen LogP contribution in [-0.4, -0.2) is 11.9 Å². The van der Waals surface area contributed by atoms with E-state index in [1.165, 1.54) is 0 Å². The Kier molecular flexibility index (Phi) is 2.42. The van der Waals surface area contributed by atoms with Gasteiger partial charge in [-0.25, -0.2) is 0 Å². The number of hydrogen-bond donors (Lipinski definition) is 0. The van der Waals surface area contributed by atoms with E-state index in [1.54, 1.807) is 0 Å². The molecule has 0 aromatic heterocycles. The fraction of sp³-hybridized carbons (Fsp3) is 0.385. The largest absolute Gasteiger partial charge is 0.463 e. The lowest BCUT2D eigenvalue weighted by molar-refractivity contribution is -0.166. The molecule has 2 heteroatoms. The van der Waals surface area contributed by atoms with Crippen molar-refractivity contribution in [1.29, 1.82) is 0 Å². The van der Waals surface area contributed by atoms with Gasteiger partial charge in [-0.05, 0) is 11.6 Å². The van der Waals surface area contributed by atoms with Crippen molar-refractivity contribution in [3.63, 3.8) is 0 Å². The molecule has 1 aromatic carbocycles. The average molecular weight is 202 g/mol. The van der Waals surface area contributed by atoms with E-state index in [0.29, 0.717) is 6.42 Å². The smallest absolute Gasteiger partial charge is 0.206 e. The highest BCUT2D eigenvalue weighted by Crippen LogP contribution is 2.30. The molecule has 1 heterocycles. The van der Waals surface area contributed by atoms with Crippen LogP contribution in [0.5, 0.6) is 5.75 Å². The van der Waals surface area contributed by atoms with Crippen LogP contribution >= 0.6 is 0 Å². The van der Waals surface area contributed by atoms with Crippen molar-refractivity contribution in [1.82, 2.24) is 0 Å². The van der Waals surface area contributed by atoms with Crippen LogP contribution in [0.25, 0.3) is 0 Å². The highest BCUT2D eigenvalue weighted by molar-refractivity contribution is 5.35. The monoisotopic (exact) mass is 202 g/mol. The van der Waals surface area contributed by atoms with Crippen LogP contribution in [-0.2, 0) is 11.2 Å². The predicted molar refractivity (Wildman–Crippen MR) is 58.6 cm³/mol. The first kappa shape index (κ1) is 10.1. The van der Waals surface area contributed by atoms with E-state index >= 15 is 0 Å². The molecule has 0 saturated carbocycles. The van der Waals surface area contributed by atoms with Crippen molar-refractivity contribution in [3.8, 4) is 18.1 Å². The second kappa shape index (κ2) is 3.60. The Bertz CT molecular complexity index is 401. The van der Waals surface area contributed by atoms with Crippen LogP contribution < -0.4 is 4.74 Å². The molecule has 0 aliphatic carbocycles. The minimum absolute atomic E-state index is 0.219. The molecule has 0 radical (unpaired) electrons. The molecule has 1 aromatic rings. The molecule has 0 saturated heterocycles. The van der Waals surface area contributed by atoms with Gasteiger partial charge in [-0.2, -0.15) is 0 Å². The molecule has 2 rings (SSSR count). The van der Waals surface area contributed by atoms with Crippen molar-refractivity contribution in [2.75, 3.05) is 0 Å².